The van der Waals surface area contributed by atoms with Crippen molar-refractivity contribution in [1.82, 2.24) is 0 Å². The number of halogens is 2. The topological polar surface area (TPSA) is 75.7 Å². The van der Waals surface area contributed by atoms with Gasteiger partial charge in [-0.3, -0.25) is 0 Å². The van der Waals surface area contributed by atoms with Gasteiger partial charge in [0.1, 0.15) is 18.5 Å². The van der Waals surface area contributed by atoms with Crippen molar-refractivity contribution in [2.45, 2.75) is 12.6 Å². The van der Waals surface area contributed by atoms with Gasteiger partial charge in [-0.2, -0.15) is 0 Å². The monoisotopic (exact) mass is 353 g/mol. The fourth-order valence-electron chi connectivity index (χ4n) is 1.10. The van der Waals surface area contributed by atoms with Crippen LogP contribution in [-0.2, 0) is 6.54 Å². The molecule has 0 bridgehead atoms. The van der Waals surface area contributed by atoms with E-state index in [0.29, 0.717) is 12.3 Å². The van der Waals surface area contributed by atoms with Crippen LogP contribution in [0.2, 0.25) is 0 Å². The van der Waals surface area contributed by atoms with Crippen molar-refractivity contribution in [2.75, 3.05) is 13.2 Å². The van der Waals surface area contributed by atoms with Crippen LogP contribution in [0, 0.1) is 0 Å². The molecule has 1 atom stereocenters. The highest BCUT2D eigenvalue weighted by molar-refractivity contribution is 9.11. The molecule has 16 heavy (non-hydrogen) atoms. The van der Waals surface area contributed by atoms with Gasteiger partial charge in [0.05, 0.1) is 15.6 Å². The number of aliphatic hydroxyl groups is 2. The number of hydrogen-bond acceptors (Lipinski definition) is 4. The van der Waals surface area contributed by atoms with Gasteiger partial charge in [-0.05, 0) is 49.6 Å². The summed E-state index contributed by atoms with van der Waals surface area (Å²) in [4.78, 5) is 0. The highest BCUT2D eigenvalue weighted by Crippen LogP contribution is 2.34. The fourth-order valence-corrected chi connectivity index (χ4v) is 2.61. The quantitative estimate of drug-likeness (QED) is 0.747. The van der Waals surface area contributed by atoms with Gasteiger partial charge in [-0.1, -0.05) is 0 Å². The molecule has 1 aromatic carbocycles. The molecule has 0 aliphatic carbocycles. The molecule has 0 saturated heterocycles. The smallest absolute Gasteiger partial charge is 0.147 e. The summed E-state index contributed by atoms with van der Waals surface area (Å²) >= 11 is 6.71. The molecular formula is C10H13Br2NO3. The predicted octanol–water partition coefficient (Wildman–Crippen LogP) is 1.40. The van der Waals surface area contributed by atoms with Gasteiger partial charge in [0.25, 0.3) is 0 Å². The third kappa shape index (κ3) is 3.71. The summed E-state index contributed by atoms with van der Waals surface area (Å²) in [6, 6.07) is 3.71. The SMILES string of the molecule is NCc1cc(Br)c(OCC(O)CO)c(Br)c1. The molecule has 0 heterocycles. The van der Waals surface area contributed by atoms with Crippen LogP contribution >= 0.6 is 31.9 Å². The number of nitrogens with two attached hydrogens (primary N) is 1. The second kappa shape index (κ2) is 6.56. The Kier molecular flexibility index (Phi) is 5.71. The van der Waals surface area contributed by atoms with Crippen LogP contribution in [0.4, 0.5) is 0 Å². The molecule has 4 N–H and O–H groups in total. The Morgan fingerprint density at radius 1 is 1.31 bits per heavy atom. The minimum Gasteiger partial charge on any atom is -0.488 e. The Morgan fingerprint density at radius 3 is 2.31 bits per heavy atom. The fraction of sp³-hybridized carbons (Fsp3) is 0.400. The van der Waals surface area contributed by atoms with Crippen molar-refractivity contribution in [3.63, 3.8) is 0 Å². The molecule has 0 radical (unpaired) electrons. The van der Waals surface area contributed by atoms with Crippen LogP contribution in [0.25, 0.3) is 0 Å². The third-order valence-corrected chi connectivity index (χ3v) is 3.10. The molecule has 6 heteroatoms. The normalized spacial score (nSPS) is 12.6. The number of rotatable bonds is 5. The van der Waals surface area contributed by atoms with Crippen molar-refractivity contribution >= 4 is 31.9 Å². The van der Waals surface area contributed by atoms with E-state index >= 15 is 0 Å². The summed E-state index contributed by atoms with van der Waals surface area (Å²) in [6.07, 6.45) is -0.881. The van der Waals surface area contributed by atoms with Gasteiger partial charge in [0.15, 0.2) is 0 Å². The lowest BCUT2D eigenvalue weighted by Crippen LogP contribution is -2.21. The summed E-state index contributed by atoms with van der Waals surface area (Å²) in [6.45, 7) is 0.155. The minimum absolute atomic E-state index is 0.0374. The number of aliphatic hydroxyl groups excluding tert-OH is 2. The van der Waals surface area contributed by atoms with E-state index in [1.807, 2.05) is 12.1 Å². The van der Waals surface area contributed by atoms with Gasteiger partial charge in [-0.25, -0.2) is 0 Å². The molecule has 1 aromatic rings. The van der Waals surface area contributed by atoms with Crippen molar-refractivity contribution in [2.24, 2.45) is 5.73 Å². The first-order valence-corrected chi connectivity index (χ1v) is 6.26. The minimum atomic E-state index is -0.881. The first kappa shape index (κ1) is 13.9. The lowest BCUT2D eigenvalue weighted by Gasteiger charge is -2.13. The van der Waals surface area contributed by atoms with E-state index in [9.17, 15) is 5.11 Å². The van der Waals surface area contributed by atoms with E-state index in [-0.39, 0.29) is 13.2 Å². The first-order valence-electron chi connectivity index (χ1n) is 4.68. The van der Waals surface area contributed by atoms with Gasteiger partial charge < -0.3 is 20.7 Å². The zero-order chi connectivity index (χ0) is 12.1. The molecule has 0 spiro atoms. The molecule has 1 unspecified atom stereocenters. The van der Waals surface area contributed by atoms with Gasteiger partial charge >= 0.3 is 0 Å². The summed E-state index contributed by atoms with van der Waals surface area (Å²) in [7, 11) is 0. The summed E-state index contributed by atoms with van der Waals surface area (Å²) in [5, 5.41) is 17.8. The van der Waals surface area contributed by atoms with E-state index in [1.54, 1.807) is 0 Å². The maximum Gasteiger partial charge on any atom is 0.147 e. The highest BCUT2D eigenvalue weighted by Gasteiger charge is 2.10. The number of ether oxygens (including phenoxy) is 1. The Morgan fingerprint density at radius 2 is 1.88 bits per heavy atom. The number of benzene rings is 1. The predicted molar refractivity (Wildman–Crippen MR) is 68.3 cm³/mol. The molecule has 0 aliphatic rings. The molecular weight excluding hydrogens is 342 g/mol. The summed E-state index contributed by atoms with van der Waals surface area (Å²) in [5.74, 6) is 0.588. The van der Waals surface area contributed by atoms with Crippen LogP contribution in [0.15, 0.2) is 21.1 Å². The molecule has 4 nitrogen and oxygen atoms in total. The molecule has 0 aliphatic heterocycles. The molecule has 0 aromatic heterocycles. The van der Waals surface area contributed by atoms with Gasteiger partial charge in [-0.15, -0.1) is 0 Å². The van der Waals surface area contributed by atoms with E-state index in [1.165, 1.54) is 0 Å². The van der Waals surface area contributed by atoms with E-state index in [4.69, 9.17) is 15.6 Å². The van der Waals surface area contributed by atoms with Crippen LogP contribution in [0.1, 0.15) is 5.56 Å². The molecule has 1 rings (SSSR count). The zero-order valence-electron chi connectivity index (χ0n) is 8.49. The van der Waals surface area contributed by atoms with Gasteiger partial charge in [0, 0.05) is 6.54 Å². The van der Waals surface area contributed by atoms with Crippen molar-refractivity contribution in [3.8, 4) is 5.75 Å². The van der Waals surface area contributed by atoms with E-state index < -0.39 is 6.10 Å². The summed E-state index contributed by atoms with van der Waals surface area (Å²) < 4.78 is 6.89. The standard InChI is InChI=1S/C10H13Br2NO3/c11-8-1-6(3-13)2-9(12)10(8)16-5-7(15)4-14/h1-2,7,14-15H,3-5,13H2. The van der Waals surface area contributed by atoms with Gasteiger partial charge in [0.2, 0.25) is 0 Å². The second-order valence-corrected chi connectivity index (χ2v) is 4.95. The Bertz CT molecular complexity index is 337. The summed E-state index contributed by atoms with van der Waals surface area (Å²) in [5.41, 5.74) is 6.49. The average Bonchev–Trinajstić information content (AvgIpc) is 2.27. The van der Waals surface area contributed by atoms with Crippen LogP contribution < -0.4 is 10.5 Å². The zero-order valence-corrected chi connectivity index (χ0v) is 11.7. The van der Waals surface area contributed by atoms with E-state index in [0.717, 1.165) is 14.5 Å². The average molecular weight is 355 g/mol. The maximum absolute atomic E-state index is 9.18. The second-order valence-electron chi connectivity index (χ2n) is 3.24. The van der Waals surface area contributed by atoms with Crippen molar-refractivity contribution in [3.05, 3.63) is 26.6 Å². The number of hydrogen-bond donors (Lipinski definition) is 3. The Balaban J connectivity index is 2.80. The van der Waals surface area contributed by atoms with Crippen molar-refractivity contribution < 1.29 is 14.9 Å². The van der Waals surface area contributed by atoms with Crippen LogP contribution in [0.5, 0.6) is 5.75 Å². The largest absolute Gasteiger partial charge is 0.488 e. The first-order chi connectivity index (χ1) is 7.58. The van der Waals surface area contributed by atoms with Crippen molar-refractivity contribution in [1.29, 1.82) is 0 Å². The molecule has 90 valence electrons. The van der Waals surface area contributed by atoms with E-state index in [2.05, 4.69) is 31.9 Å². The Labute approximate surface area is 111 Å². The van der Waals surface area contributed by atoms with Crippen LogP contribution in [-0.4, -0.2) is 29.5 Å². The lowest BCUT2D eigenvalue weighted by atomic mass is 10.2. The molecule has 0 fully saturated rings. The lowest BCUT2D eigenvalue weighted by molar-refractivity contribution is 0.0531. The highest BCUT2D eigenvalue weighted by atomic mass is 79.9. The molecule has 0 amide bonds. The Hall–Kier alpha value is -0.140. The third-order valence-electron chi connectivity index (χ3n) is 1.92. The molecule has 0 saturated carbocycles. The van der Waals surface area contributed by atoms with Crippen LogP contribution in [0.3, 0.4) is 0 Å². The maximum atomic E-state index is 9.18.